The third-order valence-electron chi connectivity index (χ3n) is 2.71. The van der Waals surface area contributed by atoms with Crippen molar-refractivity contribution in [3.63, 3.8) is 0 Å². The summed E-state index contributed by atoms with van der Waals surface area (Å²) in [5.74, 6) is -0.421. The second-order valence-corrected chi connectivity index (χ2v) is 5.33. The zero-order valence-corrected chi connectivity index (χ0v) is 12.1. The summed E-state index contributed by atoms with van der Waals surface area (Å²) in [6.07, 6.45) is 2.27. The summed E-state index contributed by atoms with van der Waals surface area (Å²) in [7, 11) is 0. The lowest BCUT2D eigenvalue weighted by atomic mass is 10.2. The summed E-state index contributed by atoms with van der Waals surface area (Å²) in [6, 6.07) is 0. The Balaban J connectivity index is 2.08. The van der Waals surface area contributed by atoms with Gasteiger partial charge in [0.05, 0.1) is 23.1 Å². The molecule has 0 radical (unpaired) electrons. The monoisotopic (exact) mass is 292 g/mol. The van der Waals surface area contributed by atoms with Gasteiger partial charge in [0.15, 0.2) is 5.69 Å². The molecule has 2 rings (SSSR count). The van der Waals surface area contributed by atoms with Crippen molar-refractivity contribution < 1.29 is 9.90 Å². The van der Waals surface area contributed by atoms with Crippen molar-refractivity contribution in [2.24, 2.45) is 0 Å². The molecule has 106 valence electrons. The molecule has 0 saturated heterocycles. The van der Waals surface area contributed by atoms with Gasteiger partial charge in [-0.2, -0.15) is 0 Å². The highest BCUT2D eigenvalue weighted by molar-refractivity contribution is 7.07. The number of nitrogens with zero attached hydrogens (tertiary/aromatic N) is 3. The fraction of sp³-hybridized carbons (Fsp3) is 0.385. The molecule has 7 heteroatoms. The van der Waals surface area contributed by atoms with Gasteiger partial charge in [0, 0.05) is 24.3 Å². The van der Waals surface area contributed by atoms with Crippen LogP contribution >= 0.6 is 11.3 Å². The predicted octanol–water partition coefficient (Wildman–Crippen LogP) is 2.41. The van der Waals surface area contributed by atoms with Gasteiger partial charge in [0.1, 0.15) is 5.82 Å². The van der Waals surface area contributed by atoms with E-state index in [2.05, 4.69) is 20.3 Å². The quantitative estimate of drug-likeness (QED) is 0.850. The number of carboxylic acids is 1. The van der Waals surface area contributed by atoms with E-state index < -0.39 is 5.97 Å². The van der Waals surface area contributed by atoms with E-state index in [0.717, 1.165) is 12.1 Å². The van der Waals surface area contributed by atoms with Gasteiger partial charge in [-0.3, -0.25) is 0 Å². The van der Waals surface area contributed by atoms with Crippen molar-refractivity contribution in [3.05, 3.63) is 34.3 Å². The topological polar surface area (TPSA) is 88.0 Å². The number of carbonyl (C=O) groups is 1. The second kappa shape index (κ2) is 6.42. The Labute approximate surface area is 120 Å². The fourth-order valence-electron chi connectivity index (χ4n) is 1.65. The van der Waals surface area contributed by atoms with E-state index in [0.29, 0.717) is 18.1 Å². The molecule has 0 fully saturated rings. The van der Waals surface area contributed by atoms with Crippen molar-refractivity contribution in [1.82, 2.24) is 15.0 Å². The highest BCUT2D eigenvalue weighted by Gasteiger charge is 2.15. The van der Waals surface area contributed by atoms with E-state index in [1.54, 1.807) is 16.8 Å². The largest absolute Gasteiger partial charge is 0.476 e. The van der Waals surface area contributed by atoms with Gasteiger partial charge in [-0.15, -0.1) is 11.3 Å². The van der Waals surface area contributed by atoms with Gasteiger partial charge in [0.25, 0.3) is 0 Å². The normalized spacial score (nSPS) is 10.8. The maximum atomic E-state index is 11.2. The lowest BCUT2D eigenvalue weighted by molar-refractivity contribution is 0.0691. The highest BCUT2D eigenvalue weighted by Crippen LogP contribution is 2.16. The fourth-order valence-corrected chi connectivity index (χ4v) is 2.25. The SMILES string of the molecule is CC(C)c1ncc(NCCc2cscn2)c(C(=O)O)n1. The molecular weight excluding hydrogens is 276 g/mol. The Kier molecular flexibility index (Phi) is 4.62. The van der Waals surface area contributed by atoms with E-state index >= 15 is 0 Å². The molecule has 2 N–H and O–H groups in total. The molecule has 0 aliphatic rings. The summed E-state index contributed by atoms with van der Waals surface area (Å²) in [5.41, 5.74) is 3.22. The zero-order valence-electron chi connectivity index (χ0n) is 11.3. The number of thiazole rings is 1. The second-order valence-electron chi connectivity index (χ2n) is 4.61. The molecular formula is C13H16N4O2S. The standard InChI is InChI=1S/C13H16N4O2S/c1-8(2)12-15-5-10(11(17-12)13(18)19)14-4-3-9-6-20-7-16-9/h5-8,14H,3-4H2,1-2H3,(H,18,19). The molecule has 2 aromatic heterocycles. The van der Waals surface area contributed by atoms with Crippen LogP contribution < -0.4 is 5.32 Å². The van der Waals surface area contributed by atoms with Gasteiger partial charge in [-0.1, -0.05) is 13.8 Å². The molecule has 0 bridgehead atoms. The van der Waals surface area contributed by atoms with Crippen LogP contribution in [0.3, 0.4) is 0 Å². The molecule has 2 aromatic rings. The summed E-state index contributed by atoms with van der Waals surface area (Å²) in [5, 5.41) is 14.2. The maximum Gasteiger partial charge on any atom is 0.356 e. The lowest BCUT2D eigenvalue weighted by Gasteiger charge is -2.10. The Morgan fingerprint density at radius 1 is 1.45 bits per heavy atom. The summed E-state index contributed by atoms with van der Waals surface area (Å²) < 4.78 is 0. The van der Waals surface area contributed by atoms with Gasteiger partial charge in [-0.25, -0.2) is 19.7 Å². The van der Waals surface area contributed by atoms with E-state index in [9.17, 15) is 9.90 Å². The third kappa shape index (κ3) is 3.51. The number of hydrogen-bond donors (Lipinski definition) is 2. The number of hydrogen-bond acceptors (Lipinski definition) is 6. The minimum atomic E-state index is -1.05. The lowest BCUT2D eigenvalue weighted by Crippen LogP contribution is -2.14. The van der Waals surface area contributed by atoms with Gasteiger partial charge in [0.2, 0.25) is 0 Å². The minimum absolute atomic E-state index is 0.0157. The Bertz CT molecular complexity index is 584. The Morgan fingerprint density at radius 2 is 2.25 bits per heavy atom. The first kappa shape index (κ1) is 14.4. The summed E-state index contributed by atoms with van der Waals surface area (Å²) in [4.78, 5) is 23.7. The molecule has 0 saturated carbocycles. The smallest absolute Gasteiger partial charge is 0.356 e. The van der Waals surface area contributed by atoms with E-state index in [1.807, 2.05) is 19.2 Å². The highest BCUT2D eigenvalue weighted by atomic mass is 32.1. The number of rotatable bonds is 6. The third-order valence-corrected chi connectivity index (χ3v) is 3.34. The van der Waals surface area contributed by atoms with Crippen LogP contribution in [0, 0.1) is 0 Å². The molecule has 20 heavy (non-hydrogen) atoms. The van der Waals surface area contributed by atoms with Crippen molar-refractivity contribution in [1.29, 1.82) is 0 Å². The van der Waals surface area contributed by atoms with Crippen molar-refractivity contribution >= 4 is 23.0 Å². The first-order valence-electron chi connectivity index (χ1n) is 6.29. The Hall–Kier alpha value is -2.02. The van der Waals surface area contributed by atoms with Gasteiger partial charge in [-0.05, 0) is 0 Å². The first-order valence-corrected chi connectivity index (χ1v) is 7.23. The molecule has 6 nitrogen and oxygen atoms in total. The molecule has 0 atom stereocenters. The molecule has 0 spiro atoms. The Morgan fingerprint density at radius 3 is 2.85 bits per heavy atom. The molecule has 0 unspecified atom stereocenters. The molecule has 2 heterocycles. The average molecular weight is 292 g/mol. The van der Waals surface area contributed by atoms with Gasteiger partial charge >= 0.3 is 5.97 Å². The maximum absolute atomic E-state index is 11.2. The van der Waals surface area contributed by atoms with Crippen LogP contribution in [0.5, 0.6) is 0 Å². The van der Waals surface area contributed by atoms with Crippen LogP contribution in [-0.4, -0.2) is 32.6 Å². The number of aromatic nitrogens is 3. The molecule has 0 aliphatic carbocycles. The van der Waals surface area contributed by atoms with Crippen LogP contribution in [0.15, 0.2) is 17.1 Å². The molecule has 0 aromatic carbocycles. The average Bonchev–Trinajstić information content (AvgIpc) is 2.91. The summed E-state index contributed by atoms with van der Waals surface area (Å²) >= 11 is 1.54. The van der Waals surface area contributed by atoms with Gasteiger partial charge < -0.3 is 10.4 Å². The van der Waals surface area contributed by atoms with Crippen LogP contribution in [0.4, 0.5) is 5.69 Å². The van der Waals surface area contributed by atoms with Crippen LogP contribution in [0.2, 0.25) is 0 Å². The van der Waals surface area contributed by atoms with Crippen molar-refractivity contribution in [2.45, 2.75) is 26.2 Å². The summed E-state index contributed by atoms with van der Waals surface area (Å²) in [6.45, 7) is 4.45. The van der Waals surface area contributed by atoms with Crippen LogP contribution in [0.1, 0.15) is 41.8 Å². The number of nitrogens with one attached hydrogen (secondary N) is 1. The molecule has 0 aliphatic heterocycles. The van der Waals surface area contributed by atoms with Crippen molar-refractivity contribution in [3.8, 4) is 0 Å². The van der Waals surface area contributed by atoms with Crippen LogP contribution in [0.25, 0.3) is 0 Å². The minimum Gasteiger partial charge on any atom is -0.476 e. The van der Waals surface area contributed by atoms with Crippen LogP contribution in [-0.2, 0) is 6.42 Å². The first-order chi connectivity index (χ1) is 9.58. The number of carboxylic acid groups (broad SMARTS) is 1. The van der Waals surface area contributed by atoms with E-state index in [1.165, 1.54) is 6.20 Å². The van der Waals surface area contributed by atoms with Crippen molar-refractivity contribution in [2.75, 3.05) is 11.9 Å². The number of aromatic carboxylic acids is 1. The molecule has 0 amide bonds. The predicted molar refractivity (Wildman–Crippen MR) is 77.4 cm³/mol. The van der Waals surface area contributed by atoms with E-state index in [4.69, 9.17) is 0 Å². The zero-order chi connectivity index (χ0) is 14.5. The number of anilines is 1. The van der Waals surface area contributed by atoms with E-state index in [-0.39, 0.29) is 11.6 Å².